The maximum atomic E-state index is 11.7. The summed E-state index contributed by atoms with van der Waals surface area (Å²) in [5.74, 6) is 6.49. The molecule has 0 radical (unpaired) electrons. The summed E-state index contributed by atoms with van der Waals surface area (Å²) >= 11 is 0. The van der Waals surface area contributed by atoms with E-state index in [1.165, 1.54) is 24.8 Å². The highest BCUT2D eigenvalue weighted by molar-refractivity contribution is 6.00. The molecule has 0 spiro atoms. The minimum absolute atomic E-state index is 0.260. The third-order valence-electron chi connectivity index (χ3n) is 25.5. The molecule has 0 bridgehead atoms. The third kappa shape index (κ3) is 19.8. The molecule has 692 valence electrons. The summed E-state index contributed by atoms with van der Waals surface area (Å²) in [6, 6.07) is 44.6. The Bertz CT molecular complexity index is 5890. The van der Waals surface area contributed by atoms with Crippen LogP contribution in [0.15, 0.2) is 194 Å². The number of primary amides is 4. The van der Waals surface area contributed by atoms with Gasteiger partial charge in [0.1, 0.15) is 78.5 Å². The molecule has 16 heterocycles. The Morgan fingerprint density at radius 3 is 0.948 bits per heavy atom. The summed E-state index contributed by atoms with van der Waals surface area (Å²) in [5.41, 5.74) is 33.0. The molecule has 12 aliphatic rings. The van der Waals surface area contributed by atoms with Gasteiger partial charge in [0.05, 0.1) is 99.2 Å². The van der Waals surface area contributed by atoms with Gasteiger partial charge in [-0.2, -0.15) is 19.9 Å². The number of carbonyl (C=O) groups is 4. The molecule has 4 aliphatic carbocycles. The number of nitrogens with one attached hydrogen (secondary N) is 8. The molecule has 24 rings (SSSR count). The number of nitrogens with two attached hydrogens (primary N) is 4. The van der Waals surface area contributed by atoms with Gasteiger partial charge >= 0.3 is 0 Å². The highest BCUT2D eigenvalue weighted by Gasteiger charge is 2.40. The molecule has 40 heteroatoms. The first-order valence-electron chi connectivity index (χ1n) is 45.8. The predicted molar refractivity (Wildman–Crippen MR) is 514 cm³/mol. The van der Waals surface area contributed by atoms with E-state index < -0.39 is 23.6 Å². The van der Waals surface area contributed by atoms with Gasteiger partial charge < -0.3 is 128 Å². The summed E-state index contributed by atoms with van der Waals surface area (Å²) in [6.45, 7) is 13.2. The summed E-state index contributed by atoms with van der Waals surface area (Å²) in [5, 5.41) is 25.9. The molecular weight excluding hydrogens is 1720 g/mol. The van der Waals surface area contributed by atoms with Gasteiger partial charge in [0.2, 0.25) is 23.8 Å². The molecule has 8 aromatic heterocycles. The fraction of sp³-hybridized carbons (Fsp3) is 0.337. The minimum Gasteiger partial charge on any atom is -0.489 e. The lowest BCUT2D eigenvalue weighted by atomic mass is 10.1. The van der Waals surface area contributed by atoms with Gasteiger partial charge in [0.15, 0.2) is 5.88 Å². The molecule has 12 aromatic rings. The largest absolute Gasteiger partial charge is 0.489 e. The van der Waals surface area contributed by atoms with Crippen molar-refractivity contribution < 1.29 is 42.5 Å². The SMILES string of the molecule is NC(=O)c1cnc(Nc2ccc3c(c2)OCC2CN(c4ccccn4)CCN32)nc1NC1CC1.NC(=O)c1cnc(Nc2ccc3c(c2)OCC2CN(c4cccnc4)CCN32)nc1NC1CC1.NC(=O)c1cnc(Nc2ccc3c(c2)OCC2CN(c4cccnc4)CCN32)nc1NC1CC1.NC(=O)c1cnc(Nc2ccc3c(c2)OCC2CN(c4ccco4)CCN32)nc1NC1CC1. The highest BCUT2D eigenvalue weighted by Crippen LogP contribution is 2.45. The van der Waals surface area contributed by atoms with Crippen LogP contribution < -0.4 is 124 Å². The Morgan fingerprint density at radius 2 is 0.652 bits per heavy atom. The number of aromatic nitrogens is 11. The first kappa shape index (κ1) is 85.6. The van der Waals surface area contributed by atoms with Gasteiger partial charge in [0, 0.05) is 199 Å². The number of piperazine rings is 4. The number of amides is 4. The van der Waals surface area contributed by atoms with Gasteiger partial charge in [-0.3, -0.25) is 29.1 Å². The number of ether oxygens (including phenoxy) is 4. The smallest absolute Gasteiger partial charge is 0.254 e. The number of rotatable bonds is 24. The van der Waals surface area contributed by atoms with E-state index >= 15 is 0 Å². The van der Waals surface area contributed by atoms with Crippen LogP contribution in [0.2, 0.25) is 0 Å². The number of anilines is 20. The van der Waals surface area contributed by atoms with Crippen molar-refractivity contribution in [3.63, 3.8) is 0 Å². The fourth-order valence-corrected chi connectivity index (χ4v) is 17.9. The van der Waals surface area contributed by atoms with Crippen LogP contribution in [-0.4, -0.2) is 232 Å². The van der Waals surface area contributed by atoms with E-state index in [1.54, 1.807) is 18.7 Å². The molecule has 4 unspecified atom stereocenters. The zero-order valence-corrected chi connectivity index (χ0v) is 74.0. The second-order valence-corrected chi connectivity index (χ2v) is 35.2. The number of carbonyl (C=O) groups excluding carboxylic acids is 4. The number of nitrogens with zero attached hydrogens (tertiary/aromatic N) is 19. The Labute approximate surface area is 776 Å². The van der Waals surface area contributed by atoms with E-state index in [-0.39, 0.29) is 24.2 Å². The van der Waals surface area contributed by atoms with Crippen molar-refractivity contribution in [3.8, 4) is 23.0 Å². The molecule has 16 N–H and O–H groups in total. The van der Waals surface area contributed by atoms with Crippen LogP contribution in [0.3, 0.4) is 0 Å². The first-order valence-corrected chi connectivity index (χ1v) is 45.8. The van der Waals surface area contributed by atoms with Crippen LogP contribution in [0.1, 0.15) is 92.8 Å². The molecular formula is C95H103N31O9. The average molecular weight is 1820 g/mol. The number of benzene rings is 4. The van der Waals surface area contributed by atoms with Gasteiger partial charge in [-0.05, 0) is 142 Å². The van der Waals surface area contributed by atoms with Crippen molar-refractivity contribution in [1.29, 1.82) is 0 Å². The zero-order chi connectivity index (χ0) is 91.6. The fourth-order valence-electron chi connectivity index (χ4n) is 17.9. The maximum Gasteiger partial charge on any atom is 0.254 e. The molecule has 8 aliphatic heterocycles. The normalized spacial score (nSPS) is 19.1. The third-order valence-corrected chi connectivity index (χ3v) is 25.5. The molecule has 4 aromatic carbocycles. The molecule has 4 saturated carbocycles. The lowest BCUT2D eigenvalue weighted by Gasteiger charge is -2.46. The summed E-state index contributed by atoms with van der Waals surface area (Å²) in [4.78, 5) is 114. The molecule has 135 heavy (non-hydrogen) atoms. The van der Waals surface area contributed by atoms with E-state index in [4.69, 9.17) is 46.3 Å². The minimum atomic E-state index is -0.548. The standard InChI is InChI=1S/3C24H26N8O2.C23H25N7O3/c2*25-22(33)19-12-27-24(30-23(19)28-15-3-4-15)29-16-5-6-20-21(10-16)34-14-18-13-31(8-9-32(18)20)17-2-1-7-26-11-17;25-22(33)18-12-27-24(30-23(18)28-15-4-5-15)29-16-6-7-19-20(11-16)34-14-17-13-31(9-10-32(17)19)21-3-1-2-8-26-21;24-21(31)17-11-25-23(28-22(17)26-14-3-4-14)27-15-5-6-18-19(10-15)33-13-16-12-29(7-8-30(16)18)20-2-1-9-32-20/h2*1-2,5-7,10-12,15,18H,3-4,8-9,13-14H2,(H2,25,33)(H2,27,28,29,30);1-3,6-8,11-12,15,17H,4-5,9-10,13-14H2,(H2,25,33)(H2,27,28,29,30);1-2,5-6,9-11,14,16H,3-4,7-8,12-13H2,(H2,24,31)(H2,25,26,27,28). The van der Waals surface area contributed by atoms with Gasteiger partial charge in [-0.15, -0.1) is 0 Å². The van der Waals surface area contributed by atoms with E-state index in [1.807, 2.05) is 104 Å². The quantitative estimate of drug-likeness (QED) is 0.0268. The second kappa shape index (κ2) is 37.6. The Hall–Kier alpha value is -16.2. The highest BCUT2D eigenvalue weighted by atomic mass is 16.5. The van der Waals surface area contributed by atoms with Gasteiger partial charge in [-0.1, -0.05) is 6.07 Å². The van der Waals surface area contributed by atoms with Crippen molar-refractivity contribution in [2.45, 2.75) is 99.7 Å². The first-order chi connectivity index (χ1) is 66.0. The number of fused-ring (bicyclic) bond motifs is 12. The topological polar surface area (TPSA) is 486 Å². The van der Waals surface area contributed by atoms with Crippen molar-refractivity contribution in [3.05, 3.63) is 212 Å². The van der Waals surface area contributed by atoms with Crippen LogP contribution in [0, 0.1) is 0 Å². The van der Waals surface area contributed by atoms with Crippen molar-refractivity contribution >= 4 is 139 Å². The maximum absolute atomic E-state index is 11.7. The number of hydrogen-bond donors (Lipinski definition) is 12. The van der Waals surface area contributed by atoms with E-state index in [0.29, 0.717) is 120 Å². The summed E-state index contributed by atoms with van der Waals surface area (Å²) < 4.78 is 30.1. The average Bonchev–Trinajstić information content (AvgIpc) is 1.52. The molecule has 4 atom stereocenters. The van der Waals surface area contributed by atoms with Gasteiger partial charge in [-0.25, -0.2) is 24.9 Å². The van der Waals surface area contributed by atoms with E-state index in [0.717, 1.165) is 221 Å². The Balaban J connectivity index is 0.000000108. The van der Waals surface area contributed by atoms with Gasteiger partial charge in [0.25, 0.3) is 23.6 Å². The summed E-state index contributed by atoms with van der Waals surface area (Å²) in [6.07, 6.45) is 25.3. The summed E-state index contributed by atoms with van der Waals surface area (Å²) in [7, 11) is 0. The van der Waals surface area contributed by atoms with Crippen LogP contribution in [-0.2, 0) is 0 Å². The number of furan rings is 1. The molecule has 4 amide bonds. The monoisotopic (exact) mass is 1820 g/mol. The van der Waals surface area contributed by atoms with Crippen LogP contribution in [0.25, 0.3) is 0 Å². The number of hydrogen-bond acceptors (Lipinski definition) is 36. The zero-order valence-electron chi connectivity index (χ0n) is 74.0. The Morgan fingerprint density at radius 1 is 0.326 bits per heavy atom. The van der Waals surface area contributed by atoms with Crippen LogP contribution in [0.4, 0.5) is 116 Å². The lowest BCUT2D eigenvalue weighted by Crippen LogP contribution is -2.57. The lowest BCUT2D eigenvalue weighted by molar-refractivity contribution is 0.0992. The molecule has 4 saturated heterocycles. The van der Waals surface area contributed by atoms with E-state index in [9.17, 15) is 19.2 Å². The predicted octanol–water partition coefficient (Wildman–Crippen LogP) is 9.70. The molecule has 40 nitrogen and oxygen atoms in total. The second-order valence-electron chi connectivity index (χ2n) is 35.2. The van der Waals surface area contributed by atoms with Crippen LogP contribution >= 0.6 is 0 Å². The molecule has 8 fully saturated rings. The van der Waals surface area contributed by atoms with E-state index in [2.05, 4.69) is 179 Å². The van der Waals surface area contributed by atoms with Crippen molar-refractivity contribution in [1.82, 2.24) is 54.8 Å². The van der Waals surface area contributed by atoms with Crippen molar-refractivity contribution in [2.24, 2.45) is 22.9 Å². The Kier molecular flexibility index (Phi) is 23.8. The van der Waals surface area contributed by atoms with Crippen LogP contribution in [0.5, 0.6) is 23.0 Å². The number of pyridine rings is 3. The van der Waals surface area contributed by atoms with Crippen molar-refractivity contribution in [2.75, 3.05) is 187 Å².